The number of alkyl halides is 3. The van der Waals surface area contributed by atoms with Gasteiger partial charge in [0.2, 0.25) is 0 Å². The Morgan fingerprint density at radius 1 is 1.29 bits per heavy atom. The molecule has 0 spiro atoms. The first-order valence-electron chi connectivity index (χ1n) is 5.08. The number of rotatable bonds is 1. The van der Waals surface area contributed by atoms with Crippen LogP contribution < -0.4 is 5.73 Å². The second-order valence-electron chi connectivity index (χ2n) is 4.04. The topological polar surface area (TPSA) is 43.3 Å². The van der Waals surface area contributed by atoms with Crippen LogP contribution in [0.1, 0.15) is 23.0 Å². The zero-order chi connectivity index (χ0) is 12.8. The molecule has 0 bridgehead atoms. The lowest BCUT2D eigenvalue weighted by Gasteiger charge is -2.16. The predicted molar refractivity (Wildman–Crippen MR) is 57.6 cm³/mol. The van der Waals surface area contributed by atoms with Crippen molar-refractivity contribution in [1.29, 1.82) is 0 Å². The minimum absolute atomic E-state index is 0.00352. The third-order valence-electron chi connectivity index (χ3n) is 2.63. The Kier molecular flexibility index (Phi) is 2.61. The zero-order valence-corrected chi connectivity index (χ0v) is 9.42. The minimum Gasteiger partial charge on any atom is -0.315 e. The maximum Gasteiger partial charge on any atom is 0.409 e. The van der Waals surface area contributed by atoms with Crippen molar-refractivity contribution in [3.05, 3.63) is 35.3 Å². The molecule has 3 nitrogen and oxygen atoms in total. The molecule has 2 heterocycles. The van der Waals surface area contributed by atoms with Gasteiger partial charge >= 0.3 is 6.18 Å². The summed E-state index contributed by atoms with van der Waals surface area (Å²) in [4.78, 5) is 4.07. The van der Waals surface area contributed by atoms with E-state index in [0.717, 1.165) is 5.56 Å². The van der Waals surface area contributed by atoms with Crippen molar-refractivity contribution in [3.8, 4) is 0 Å². The lowest BCUT2D eigenvalue weighted by molar-refractivity contribution is -0.150. The van der Waals surface area contributed by atoms with E-state index in [4.69, 9.17) is 5.73 Å². The molecule has 1 unspecified atom stereocenters. The lowest BCUT2D eigenvalue weighted by atomic mass is 10.2. The number of fused-ring (bicyclic) bond motifs is 1. The third kappa shape index (κ3) is 2.00. The van der Waals surface area contributed by atoms with Gasteiger partial charge in [-0.15, -0.1) is 0 Å². The maximum absolute atomic E-state index is 12.7. The monoisotopic (exact) mass is 243 g/mol. The fourth-order valence-electron chi connectivity index (χ4n) is 1.82. The molecule has 17 heavy (non-hydrogen) atoms. The first-order chi connectivity index (χ1) is 7.80. The van der Waals surface area contributed by atoms with Gasteiger partial charge in [-0.25, -0.2) is 4.98 Å². The SMILES string of the molecule is Cc1ccc2nc(C)c(C(N)C(F)(F)F)n2c1. The van der Waals surface area contributed by atoms with Crippen LogP contribution in [0.2, 0.25) is 0 Å². The van der Waals surface area contributed by atoms with Crippen LogP contribution in [-0.4, -0.2) is 15.6 Å². The van der Waals surface area contributed by atoms with Gasteiger partial charge in [-0.3, -0.25) is 0 Å². The van der Waals surface area contributed by atoms with E-state index in [2.05, 4.69) is 4.98 Å². The summed E-state index contributed by atoms with van der Waals surface area (Å²) in [6.45, 7) is 3.33. The van der Waals surface area contributed by atoms with E-state index in [1.165, 1.54) is 11.3 Å². The molecule has 0 fully saturated rings. The lowest BCUT2D eigenvalue weighted by Crippen LogP contribution is -2.30. The average molecular weight is 243 g/mol. The molecular formula is C11H12F3N3. The molecule has 2 N–H and O–H groups in total. The summed E-state index contributed by atoms with van der Waals surface area (Å²) < 4.78 is 39.4. The van der Waals surface area contributed by atoms with Crippen LogP contribution in [0.25, 0.3) is 5.65 Å². The first-order valence-corrected chi connectivity index (χ1v) is 5.08. The molecule has 0 saturated carbocycles. The largest absolute Gasteiger partial charge is 0.409 e. The maximum atomic E-state index is 12.7. The van der Waals surface area contributed by atoms with Gasteiger partial charge in [0.1, 0.15) is 11.7 Å². The van der Waals surface area contributed by atoms with Crippen LogP contribution >= 0.6 is 0 Å². The number of halogens is 3. The Bertz CT molecular complexity index is 557. The van der Waals surface area contributed by atoms with Crippen molar-refractivity contribution in [1.82, 2.24) is 9.38 Å². The Morgan fingerprint density at radius 2 is 1.94 bits per heavy atom. The minimum atomic E-state index is -4.47. The summed E-state index contributed by atoms with van der Waals surface area (Å²) in [5.41, 5.74) is 6.88. The average Bonchev–Trinajstić information content (AvgIpc) is 2.51. The molecule has 2 aromatic rings. The summed E-state index contributed by atoms with van der Waals surface area (Å²) in [7, 11) is 0. The quantitative estimate of drug-likeness (QED) is 0.836. The molecule has 2 rings (SSSR count). The predicted octanol–water partition coefficient (Wildman–Crippen LogP) is 2.51. The normalized spacial score (nSPS) is 14.2. The molecule has 1 atom stereocenters. The van der Waals surface area contributed by atoms with Gasteiger partial charge in [-0.1, -0.05) is 6.07 Å². The molecule has 0 aliphatic heterocycles. The van der Waals surface area contributed by atoms with Crippen molar-refractivity contribution in [3.63, 3.8) is 0 Å². The third-order valence-corrected chi connectivity index (χ3v) is 2.63. The molecule has 6 heteroatoms. The Labute approximate surface area is 96.1 Å². The molecule has 0 radical (unpaired) electrons. The molecule has 0 aliphatic rings. The van der Waals surface area contributed by atoms with Gasteiger partial charge in [-0.2, -0.15) is 13.2 Å². The smallest absolute Gasteiger partial charge is 0.315 e. The van der Waals surface area contributed by atoms with Gasteiger partial charge in [-0.05, 0) is 25.5 Å². The number of nitrogens with zero attached hydrogens (tertiary/aromatic N) is 2. The van der Waals surface area contributed by atoms with Crippen LogP contribution in [-0.2, 0) is 0 Å². The van der Waals surface area contributed by atoms with Crippen molar-refractivity contribution in [2.45, 2.75) is 26.1 Å². The van der Waals surface area contributed by atoms with E-state index in [1.54, 1.807) is 25.3 Å². The summed E-state index contributed by atoms with van der Waals surface area (Å²) in [5.74, 6) is 0. The Balaban J connectivity index is 2.68. The summed E-state index contributed by atoms with van der Waals surface area (Å²) in [6.07, 6.45) is -2.86. The summed E-state index contributed by atoms with van der Waals surface area (Å²) in [6, 6.07) is 1.46. The van der Waals surface area contributed by atoms with Crippen LogP contribution in [0.5, 0.6) is 0 Å². The summed E-state index contributed by atoms with van der Waals surface area (Å²) >= 11 is 0. The molecule has 92 valence electrons. The Morgan fingerprint density at radius 3 is 2.53 bits per heavy atom. The van der Waals surface area contributed by atoms with E-state index >= 15 is 0 Å². The standard InChI is InChI=1S/C11H12F3N3/c1-6-3-4-8-16-7(2)9(17(8)5-6)10(15)11(12,13)14/h3-5,10H,15H2,1-2H3. The van der Waals surface area contributed by atoms with Gasteiger partial charge in [0.25, 0.3) is 0 Å². The number of hydrogen-bond acceptors (Lipinski definition) is 2. The number of hydrogen-bond donors (Lipinski definition) is 1. The highest BCUT2D eigenvalue weighted by molar-refractivity contribution is 5.45. The number of pyridine rings is 1. The highest BCUT2D eigenvalue weighted by atomic mass is 19.4. The van der Waals surface area contributed by atoms with Crippen molar-refractivity contribution in [2.75, 3.05) is 0 Å². The zero-order valence-electron chi connectivity index (χ0n) is 9.42. The number of imidazole rings is 1. The summed E-state index contributed by atoms with van der Waals surface area (Å²) in [5, 5.41) is 0. The highest BCUT2D eigenvalue weighted by Gasteiger charge is 2.40. The number of aromatic nitrogens is 2. The van der Waals surface area contributed by atoms with Gasteiger partial charge < -0.3 is 10.1 Å². The fraction of sp³-hybridized carbons (Fsp3) is 0.364. The van der Waals surface area contributed by atoms with Crippen molar-refractivity contribution >= 4 is 5.65 Å². The molecular weight excluding hydrogens is 231 g/mol. The van der Waals surface area contributed by atoms with Crippen LogP contribution in [0.3, 0.4) is 0 Å². The van der Waals surface area contributed by atoms with Crippen molar-refractivity contribution < 1.29 is 13.2 Å². The van der Waals surface area contributed by atoms with Crippen LogP contribution in [0.4, 0.5) is 13.2 Å². The molecule has 0 saturated heterocycles. The number of nitrogens with two attached hydrogens (primary N) is 1. The molecule has 2 aromatic heterocycles. The van der Waals surface area contributed by atoms with Gasteiger partial charge in [0, 0.05) is 6.20 Å². The van der Waals surface area contributed by atoms with E-state index < -0.39 is 12.2 Å². The van der Waals surface area contributed by atoms with E-state index in [0.29, 0.717) is 11.3 Å². The second-order valence-corrected chi connectivity index (χ2v) is 4.04. The first kappa shape index (κ1) is 11.9. The van der Waals surface area contributed by atoms with Gasteiger partial charge in [0.05, 0.1) is 11.4 Å². The number of aryl methyl sites for hydroxylation is 2. The highest BCUT2D eigenvalue weighted by Crippen LogP contribution is 2.32. The second kappa shape index (κ2) is 3.73. The van der Waals surface area contributed by atoms with Crippen LogP contribution in [0, 0.1) is 13.8 Å². The van der Waals surface area contributed by atoms with E-state index in [-0.39, 0.29) is 5.69 Å². The van der Waals surface area contributed by atoms with Gasteiger partial charge in [0.15, 0.2) is 0 Å². The van der Waals surface area contributed by atoms with Crippen molar-refractivity contribution in [2.24, 2.45) is 5.73 Å². The van der Waals surface area contributed by atoms with E-state index in [1.807, 2.05) is 0 Å². The fourth-order valence-corrected chi connectivity index (χ4v) is 1.82. The molecule has 0 aliphatic carbocycles. The molecule has 0 aromatic carbocycles. The van der Waals surface area contributed by atoms with E-state index in [9.17, 15) is 13.2 Å². The molecule has 0 amide bonds. The van der Waals surface area contributed by atoms with Crippen LogP contribution in [0.15, 0.2) is 18.3 Å². The Hall–Kier alpha value is -1.56.